The summed E-state index contributed by atoms with van der Waals surface area (Å²) in [7, 11) is 1.75. The van der Waals surface area contributed by atoms with Gasteiger partial charge in [0.25, 0.3) is 5.91 Å². The Balaban J connectivity index is 1.95. The molecule has 0 unspecified atom stereocenters. The second kappa shape index (κ2) is 6.60. The first kappa shape index (κ1) is 15.3. The van der Waals surface area contributed by atoms with E-state index in [2.05, 4.69) is 5.32 Å². The molecule has 0 spiro atoms. The highest BCUT2D eigenvalue weighted by Gasteiger charge is 2.11. The van der Waals surface area contributed by atoms with E-state index in [0.29, 0.717) is 17.3 Å². The summed E-state index contributed by atoms with van der Waals surface area (Å²) in [6, 6.07) is 3.44. The Morgan fingerprint density at radius 1 is 1.48 bits per heavy atom. The average molecular weight is 325 g/mol. The first-order valence-corrected chi connectivity index (χ1v) is 7.30. The molecule has 0 saturated carbocycles. The Morgan fingerprint density at radius 3 is 2.86 bits per heavy atom. The van der Waals surface area contributed by atoms with E-state index in [1.807, 2.05) is 11.4 Å². The third-order valence-electron chi connectivity index (χ3n) is 2.72. The van der Waals surface area contributed by atoms with Gasteiger partial charge in [0.2, 0.25) is 0 Å². The Labute approximate surface area is 130 Å². The van der Waals surface area contributed by atoms with Crippen LogP contribution >= 0.6 is 22.9 Å². The third-order valence-corrected chi connectivity index (χ3v) is 3.88. The molecular weight excluding hydrogens is 312 g/mol. The molecule has 2 N–H and O–H groups in total. The van der Waals surface area contributed by atoms with E-state index >= 15 is 0 Å². The van der Waals surface area contributed by atoms with Crippen molar-refractivity contribution >= 4 is 40.9 Å². The Hall–Kier alpha value is -2.05. The predicted molar refractivity (Wildman–Crippen MR) is 82.6 cm³/mol. The number of rotatable bonds is 5. The van der Waals surface area contributed by atoms with Crippen molar-refractivity contribution in [3.05, 3.63) is 50.9 Å². The van der Waals surface area contributed by atoms with Gasteiger partial charge in [-0.1, -0.05) is 11.6 Å². The smallest absolute Gasteiger partial charge is 0.328 e. The molecule has 0 aromatic carbocycles. The summed E-state index contributed by atoms with van der Waals surface area (Å²) in [6.07, 6.45) is 4.26. The second-order valence-electron chi connectivity index (χ2n) is 4.36. The largest absolute Gasteiger partial charge is 0.478 e. The fourth-order valence-electron chi connectivity index (χ4n) is 1.75. The van der Waals surface area contributed by atoms with E-state index in [-0.39, 0.29) is 5.91 Å². The standard InChI is InChI=1S/C14H13ClN2O3S/c1-17-7-10(15)5-12(17)14(20)16-6-11-4-9(8-21-11)2-3-13(18)19/h2-5,7-8H,6H2,1H3,(H,16,20)(H,18,19). The van der Waals surface area contributed by atoms with Crippen LogP contribution < -0.4 is 5.32 Å². The lowest BCUT2D eigenvalue weighted by atomic mass is 10.3. The van der Waals surface area contributed by atoms with Crippen LogP contribution in [0.5, 0.6) is 0 Å². The number of thiophene rings is 1. The van der Waals surface area contributed by atoms with Crippen molar-refractivity contribution in [1.82, 2.24) is 9.88 Å². The Kier molecular flexibility index (Phi) is 4.82. The van der Waals surface area contributed by atoms with Crippen molar-refractivity contribution in [1.29, 1.82) is 0 Å². The number of aryl methyl sites for hydroxylation is 1. The van der Waals surface area contributed by atoms with Crippen LogP contribution in [0, 0.1) is 0 Å². The van der Waals surface area contributed by atoms with Crippen LogP contribution in [0.25, 0.3) is 6.08 Å². The number of aromatic nitrogens is 1. The lowest BCUT2D eigenvalue weighted by Crippen LogP contribution is -2.24. The Bertz CT molecular complexity index is 703. The molecule has 0 aliphatic rings. The number of hydrogen-bond acceptors (Lipinski definition) is 3. The highest BCUT2D eigenvalue weighted by molar-refractivity contribution is 7.10. The van der Waals surface area contributed by atoms with Gasteiger partial charge in [0.05, 0.1) is 11.6 Å². The minimum absolute atomic E-state index is 0.208. The molecular formula is C14H13ClN2O3S. The molecule has 2 aromatic heterocycles. The summed E-state index contributed by atoms with van der Waals surface area (Å²) in [6.45, 7) is 0.382. The Morgan fingerprint density at radius 2 is 2.24 bits per heavy atom. The molecule has 0 aliphatic heterocycles. The molecule has 1 amide bonds. The van der Waals surface area contributed by atoms with Crippen LogP contribution in [0.2, 0.25) is 5.02 Å². The van der Waals surface area contributed by atoms with E-state index in [1.165, 1.54) is 17.4 Å². The number of carboxylic acids is 1. The highest BCUT2D eigenvalue weighted by atomic mass is 35.5. The number of carboxylic acid groups (broad SMARTS) is 1. The van der Waals surface area contributed by atoms with Gasteiger partial charge in [-0.15, -0.1) is 11.3 Å². The maximum atomic E-state index is 12.0. The number of hydrogen-bond donors (Lipinski definition) is 2. The molecule has 2 rings (SSSR count). The topological polar surface area (TPSA) is 71.3 Å². The van der Waals surface area contributed by atoms with Gasteiger partial charge < -0.3 is 15.0 Å². The van der Waals surface area contributed by atoms with E-state index in [9.17, 15) is 9.59 Å². The number of carbonyl (C=O) groups is 2. The van der Waals surface area contributed by atoms with Gasteiger partial charge in [-0.25, -0.2) is 4.79 Å². The van der Waals surface area contributed by atoms with Gasteiger partial charge in [-0.3, -0.25) is 4.79 Å². The maximum absolute atomic E-state index is 12.0. The van der Waals surface area contributed by atoms with Gasteiger partial charge in [0.1, 0.15) is 5.69 Å². The van der Waals surface area contributed by atoms with Crippen LogP contribution in [-0.2, 0) is 18.4 Å². The number of amides is 1. The van der Waals surface area contributed by atoms with Gasteiger partial charge >= 0.3 is 5.97 Å². The summed E-state index contributed by atoms with van der Waals surface area (Å²) >= 11 is 7.29. The quantitative estimate of drug-likeness (QED) is 0.831. The number of nitrogens with zero attached hydrogens (tertiary/aromatic N) is 1. The molecule has 0 fully saturated rings. The molecule has 2 heterocycles. The second-order valence-corrected chi connectivity index (χ2v) is 5.79. The average Bonchev–Trinajstić information content (AvgIpc) is 3.00. The summed E-state index contributed by atoms with van der Waals surface area (Å²) in [5.74, 6) is -1.20. The molecule has 0 saturated heterocycles. The van der Waals surface area contributed by atoms with Crippen molar-refractivity contribution in [2.75, 3.05) is 0 Å². The first-order valence-electron chi connectivity index (χ1n) is 6.04. The van der Waals surface area contributed by atoms with Crippen LogP contribution in [0.4, 0.5) is 0 Å². The van der Waals surface area contributed by atoms with Crippen LogP contribution in [0.3, 0.4) is 0 Å². The SMILES string of the molecule is Cn1cc(Cl)cc1C(=O)NCc1cc(C=CC(=O)O)cs1. The van der Waals surface area contributed by atoms with Crippen molar-refractivity contribution < 1.29 is 14.7 Å². The monoisotopic (exact) mass is 324 g/mol. The lowest BCUT2D eigenvalue weighted by Gasteiger charge is -2.04. The van der Waals surface area contributed by atoms with Gasteiger partial charge in [-0.05, 0) is 29.2 Å². The zero-order valence-electron chi connectivity index (χ0n) is 11.2. The molecule has 21 heavy (non-hydrogen) atoms. The first-order chi connectivity index (χ1) is 9.95. The number of carbonyl (C=O) groups excluding carboxylic acids is 1. The van der Waals surface area contributed by atoms with Crippen LogP contribution in [0.15, 0.2) is 29.8 Å². The van der Waals surface area contributed by atoms with Crippen LogP contribution in [0.1, 0.15) is 20.9 Å². The van der Waals surface area contributed by atoms with E-state index < -0.39 is 5.97 Å². The zero-order chi connectivity index (χ0) is 15.4. The summed E-state index contributed by atoms with van der Waals surface area (Å²) in [5, 5.41) is 13.7. The van der Waals surface area contributed by atoms with Gasteiger partial charge in [0, 0.05) is 24.2 Å². The lowest BCUT2D eigenvalue weighted by molar-refractivity contribution is -0.131. The molecule has 7 heteroatoms. The van der Waals surface area contributed by atoms with E-state index in [1.54, 1.807) is 23.9 Å². The number of aliphatic carboxylic acids is 1. The normalized spacial score (nSPS) is 11.0. The summed E-state index contributed by atoms with van der Waals surface area (Å²) < 4.78 is 1.66. The van der Waals surface area contributed by atoms with Gasteiger partial charge in [0.15, 0.2) is 0 Å². The predicted octanol–water partition coefficient (Wildman–Crippen LogP) is 2.77. The van der Waals surface area contributed by atoms with Gasteiger partial charge in [-0.2, -0.15) is 0 Å². The highest BCUT2D eigenvalue weighted by Crippen LogP contribution is 2.17. The minimum atomic E-state index is -0.989. The third kappa shape index (κ3) is 4.21. The van der Waals surface area contributed by atoms with Crippen molar-refractivity contribution in [3.8, 4) is 0 Å². The number of halogens is 1. The molecule has 0 atom stereocenters. The minimum Gasteiger partial charge on any atom is -0.478 e. The fourth-order valence-corrected chi connectivity index (χ4v) is 2.80. The van der Waals surface area contributed by atoms with Crippen molar-refractivity contribution in [2.45, 2.75) is 6.54 Å². The molecule has 5 nitrogen and oxygen atoms in total. The molecule has 2 aromatic rings. The molecule has 0 aliphatic carbocycles. The summed E-state index contributed by atoms with van der Waals surface area (Å²) in [4.78, 5) is 23.4. The molecule has 0 radical (unpaired) electrons. The number of nitrogens with one attached hydrogen (secondary N) is 1. The molecule has 0 bridgehead atoms. The molecule has 110 valence electrons. The zero-order valence-corrected chi connectivity index (χ0v) is 12.7. The maximum Gasteiger partial charge on any atom is 0.328 e. The fraction of sp³-hybridized carbons (Fsp3) is 0.143. The van der Waals surface area contributed by atoms with Crippen molar-refractivity contribution in [3.63, 3.8) is 0 Å². The van der Waals surface area contributed by atoms with Crippen LogP contribution in [-0.4, -0.2) is 21.6 Å². The van der Waals surface area contributed by atoms with E-state index in [0.717, 1.165) is 16.5 Å². The summed E-state index contributed by atoms with van der Waals surface area (Å²) in [5.41, 5.74) is 1.29. The van der Waals surface area contributed by atoms with E-state index in [4.69, 9.17) is 16.7 Å². The van der Waals surface area contributed by atoms with Crippen molar-refractivity contribution in [2.24, 2.45) is 7.05 Å².